The van der Waals surface area contributed by atoms with Crippen LogP contribution in [-0.2, 0) is 24.8 Å². The predicted octanol–water partition coefficient (Wildman–Crippen LogP) is 1.64. The van der Waals surface area contributed by atoms with Gasteiger partial charge in [0.1, 0.15) is 17.7 Å². The number of rotatable bonds is 3. The molecule has 28 heavy (non-hydrogen) atoms. The lowest BCUT2D eigenvalue weighted by Crippen LogP contribution is -2.35. The van der Waals surface area contributed by atoms with Gasteiger partial charge in [0.15, 0.2) is 0 Å². The number of aromatic nitrogens is 4. The van der Waals surface area contributed by atoms with Crippen molar-refractivity contribution in [1.29, 1.82) is 5.26 Å². The summed E-state index contributed by atoms with van der Waals surface area (Å²) in [7, 11) is 1.74. The Morgan fingerprint density at radius 1 is 1.25 bits per heavy atom. The first-order valence-electron chi connectivity index (χ1n) is 10.1. The minimum atomic E-state index is 0.00488. The minimum absolute atomic E-state index is 0.00488. The second kappa shape index (κ2) is 6.74. The molecule has 2 fully saturated rings. The van der Waals surface area contributed by atoms with Crippen LogP contribution >= 0.6 is 0 Å². The zero-order chi connectivity index (χ0) is 19.3. The number of hydrogen-bond donors (Lipinski definition) is 0. The molecule has 0 spiro atoms. The molecule has 0 aromatic carbocycles. The molecule has 2 aromatic rings. The van der Waals surface area contributed by atoms with E-state index in [1.54, 1.807) is 7.05 Å². The molecule has 0 amide bonds. The molecule has 0 N–H and O–H groups in total. The van der Waals surface area contributed by atoms with Gasteiger partial charge in [0, 0.05) is 44.1 Å². The van der Waals surface area contributed by atoms with Crippen LogP contribution in [0.25, 0.3) is 0 Å². The lowest BCUT2D eigenvalue weighted by molar-refractivity contribution is 0.109. The largest absolute Gasteiger partial charge is 0.376 e. The maximum absolute atomic E-state index is 12.4. The first kappa shape index (κ1) is 17.4. The average Bonchev–Trinajstić information content (AvgIpc) is 3.52. The molecule has 4 heterocycles. The maximum atomic E-state index is 12.4. The number of piperidine rings is 1. The Balaban J connectivity index is 1.38. The van der Waals surface area contributed by atoms with Gasteiger partial charge in [-0.1, -0.05) is 0 Å². The van der Waals surface area contributed by atoms with Crippen molar-refractivity contribution < 1.29 is 4.74 Å². The van der Waals surface area contributed by atoms with Crippen molar-refractivity contribution in [2.24, 2.45) is 7.05 Å². The van der Waals surface area contributed by atoms with Gasteiger partial charge in [-0.05, 0) is 31.7 Å². The van der Waals surface area contributed by atoms with Gasteiger partial charge >= 0.3 is 5.69 Å². The normalized spacial score (nSPS) is 20.1. The van der Waals surface area contributed by atoms with Crippen molar-refractivity contribution in [2.75, 3.05) is 24.6 Å². The number of hydrogen-bond acceptors (Lipinski definition) is 6. The highest BCUT2D eigenvalue weighted by molar-refractivity contribution is 5.56. The number of nitrogens with zero attached hydrogens (tertiary/aromatic N) is 6. The Bertz CT molecular complexity index is 1000. The molecule has 8 heteroatoms. The predicted molar refractivity (Wildman–Crippen MR) is 102 cm³/mol. The topological polar surface area (TPSA) is 89.0 Å². The van der Waals surface area contributed by atoms with E-state index in [1.165, 1.54) is 4.68 Å². The van der Waals surface area contributed by atoms with Crippen molar-refractivity contribution in [3.8, 4) is 6.07 Å². The Morgan fingerprint density at radius 2 is 2.04 bits per heavy atom. The van der Waals surface area contributed by atoms with Gasteiger partial charge in [0.25, 0.3) is 0 Å². The van der Waals surface area contributed by atoms with Crippen LogP contribution in [0.4, 0.5) is 5.82 Å². The van der Waals surface area contributed by atoms with Crippen LogP contribution in [0.5, 0.6) is 0 Å². The minimum Gasteiger partial charge on any atom is -0.376 e. The van der Waals surface area contributed by atoms with E-state index in [1.807, 2.05) is 10.6 Å². The van der Waals surface area contributed by atoms with Gasteiger partial charge in [0.2, 0.25) is 0 Å². The second-order valence-corrected chi connectivity index (χ2v) is 8.01. The summed E-state index contributed by atoms with van der Waals surface area (Å²) in [6.45, 7) is 2.86. The van der Waals surface area contributed by atoms with Crippen molar-refractivity contribution in [3.63, 3.8) is 0 Å². The zero-order valence-electron chi connectivity index (χ0n) is 16.1. The molecule has 0 unspecified atom stereocenters. The molecule has 2 aromatic heterocycles. The van der Waals surface area contributed by atoms with Gasteiger partial charge in [-0.15, -0.1) is 0 Å². The Hall–Kier alpha value is -2.66. The molecule has 8 nitrogen and oxygen atoms in total. The Kier molecular flexibility index (Phi) is 4.20. The fourth-order valence-electron chi connectivity index (χ4n) is 4.40. The van der Waals surface area contributed by atoms with Gasteiger partial charge in [-0.25, -0.2) is 14.5 Å². The van der Waals surface area contributed by atoms with E-state index in [0.29, 0.717) is 24.8 Å². The van der Waals surface area contributed by atoms with Crippen LogP contribution in [-0.4, -0.2) is 39.0 Å². The SMILES string of the molecule is Cn1nc(C2CCN(c3nc4c(cc3C#N)COCC4)CC2)n(C2CC2)c1=O. The lowest BCUT2D eigenvalue weighted by atomic mass is 9.95. The number of pyridine rings is 1. The third-order valence-corrected chi connectivity index (χ3v) is 6.09. The zero-order valence-corrected chi connectivity index (χ0v) is 16.1. The fraction of sp³-hybridized carbons (Fsp3) is 0.600. The fourth-order valence-corrected chi connectivity index (χ4v) is 4.40. The van der Waals surface area contributed by atoms with Crippen molar-refractivity contribution in [2.45, 2.75) is 50.7 Å². The van der Waals surface area contributed by atoms with E-state index >= 15 is 0 Å². The molecule has 146 valence electrons. The summed E-state index contributed by atoms with van der Waals surface area (Å²) in [6.07, 6.45) is 4.77. The summed E-state index contributed by atoms with van der Waals surface area (Å²) in [4.78, 5) is 19.5. The van der Waals surface area contributed by atoms with Crippen LogP contribution in [0, 0.1) is 11.3 Å². The summed E-state index contributed by atoms with van der Waals surface area (Å²) in [6, 6.07) is 4.58. The number of aryl methyl sites for hydroxylation is 1. The Morgan fingerprint density at radius 3 is 2.75 bits per heavy atom. The molecule has 1 saturated carbocycles. The lowest BCUT2D eigenvalue weighted by Gasteiger charge is -2.33. The molecule has 0 bridgehead atoms. The molecule has 3 aliphatic rings. The highest BCUT2D eigenvalue weighted by atomic mass is 16.5. The third-order valence-electron chi connectivity index (χ3n) is 6.09. The van der Waals surface area contributed by atoms with Crippen molar-refractivity contribution in [1.82, 2.24) is 19.3 Å². The standard InChI is InChI=1S/C20H24N6O2/c1-24-20(27)26(16-2-3-16)19(23-24)13-4-7-25(8-5-13)18-14(11-21)10-15-12-28-9-6-17(15)22-18/h10,13,16H,2-9,12H2,1H3. The van der Waals surface area contributed by atoms with Crippen LogP contribution in [0.2, 0.25) is 0 Å². The first-order chi connectivity index (χ1) is 13.7. The van der Waals surface area contributed by atoms with Gasteiger partial charge in [-0.3, -0.25) is 4.57 Å². The molecular formula is C20H24N6O2. The number of fused-ring (bicyclic) bond motifs is 1. The monoisotopic (exact) mass is 380 g/mol. The van der Waals surface area contributed by atoms with Crippen molar-refractivity contribution in [3.05, 3.63) is 39.2 Å². The number of nitriles is 1. The smallest absolute Gasteiger partial charge is 0.345 e. The first-order valence-corrected chi connectivity index (χ1v) is 10.1. The van der Waals surface area contributed by atoms with Crippen LogP contribution in [0.15, 0.2) is 10.9 Å². The molecule has 1 aliphatic carbocycles. The van der Waals surface area contributed by atoms with E-state index in [0.717, 1.165) is 68.1 Å². The van der Waals surface area contributed by atoms with E-state index in [4.69, 9.17) is 9.72 Å². The number of ether oxygens (including phenoxy) is 1. The average molecular weight is 380 g/mol. The van der Waals surface area contributed by atoms with Crippen LogP contribution in [0.1, 0.15) is 60.3 Å². The van der Waals surface area contributed by atoms with Gasteiger partial charge in [0.05, 0.1) is 24.5 Å². The quantitative estimate of drug-likeness (QED) is 0.804. The number of anilines is 1. The highest BCUT2D eigenvalue weighted by Gasteiger charge is 2.34. The van der Waals surface area contributed by atoms with Crippen LogP contribution in [0.3, 0.4) is 0 Å². The summed E-state index contributed by atoms with van der Waals surface area (Å²) < 4.78 is 8.88. The molecule has 0 radical (unpaired) electrons. The third kappa shape index (κ3) is 2.90. The van der Waals surface area contributed by atoms with E-state index in [-0.39, 0.29) is 11.6 Å². The van der Waals surface area contributed by atoms with E-state index in [9.17, 15) is 10.1 Å². The maximum Gasteiger partial charge on any atom is 0.345 e. The molecule has 0 atom stereocenters. The molecule has 5 rings (SSSR count). The van der Waals surface area contributed by atoms with E-state index < -0.39 is 0 Å². The molecule has 1 saturated heterocycles. The van der Waals surface area contributed by atoms with Crippen molar-refractivity contribution >= 4 is 5.82 Å². The summed E-state index contributed by atoms with van der Waals surface area (Å²) in [5, 5.41) is 14.2. The molecule has 2 aliphatic heterocycles. The van der Waals surface area contributed by atoms with Crippen LogP contribution < -0.4 is 10.6 Å². The Labute approximate surface area is 163 Å². The second-order valence-electron chi connectivity index (χ2n) is 8.01. The molecular weight excluding hydrogens is 356 g/mol. The summed E-state index contributed by atoms with van der Waals surface area (Å²) in [5.41, 5.74) is 2.71. The van der Waals surface area contributed by atoms with Gasteiger partial charge < -0.3 is 9.64 Å². The van der Waals surface area contributed by atoms with E-state index in [2.05, 4.69) is 16.1 Å². The highest BCUT2D eigenvalue weighted by Crippen LogP contribution is 2.38. The van der Waals surface area contributed by atoms with Gasteiger partial charge in [-0.2, -0.15) is 10.4 Å². The summed E-state index contributed by atoms with van der Waals surface area (Å²) in [5.74, 6) is 2.01. The summed E-state index contributed by atoms with van der Waals surface area (Å²) >= 11 is 0.